The molecule has 1 aromatic rings. The van der Waals surface area contributed by atoms with E-state index >= 15 is 0 Å². The lowest BCUT2D eigenvalue weighted by Crippen LogP contribution is -2.39. The summed E-state index contributed by atoms with van der Waals surface area (Å²) in [6.45, 7) is 5.95. The topological polar surface area (TPSA) is 62.0 Å². The molecule has 2 aliphatic rings. The summed E-state index contributed by atoms with van der Waals surface area (Å²) in [5.74, 6) is 0.769. The average Bonchev–Trinajstić information content (AvgIpc) is 3.14. The van der Waals surface area contributed by atoms with E-state index in [-0.39, 0.29) is 0 Å². The number of nitrogens with zero attached hydrogens (tertiary/aromatic N) is 4. The number of hydrogen-bond donors (Lipinski definition) is 0. The summed E-state index contributed by atoms with van der Waals surface area (Å²) >= 11 is 0. The summed E-state index contributed by atoms with van der Waals surface area (Å²) in [7, 11) is 0. The Morgan fingerprint density at radius 2 is 1.71 bits per heavy atom. The van der Waals surface area contributed by atoms with Crippen LogP contribution in [0.25, 0.3) is 0 Å². The van der Waals surface area contributed by atoms with Crippen molar-refractivity contribution in [2.75, 3.05) is 18.0 Å². The van der Waals surface area contributed by atoms with Crippen LogP contribution in [-0.2, 0) is 17.6 Å². The predicted molar refractivity (Wildman–Crippen MR) is 94.1 cm³/mol. The number of aromatic nitrogens is 2. The molecule has 0 spiro atoms. The number of anilines is 1. The maximum Gasteiger partial charge on any atom is 0.169 e. The molecule has 0 atom stereocenters. The minimum Gasteiger partial charge on any atom is -0.375 e. The molecule has 1 saturated carbocycles. The van der Waals surface area contributed by atoms with Crippen molar-refractivity contribution in [3.63, 3.8) is 0 Å². The molecule has 1 saturated heterocycles. The highest BCUT2D eigenvalue weighted by atomic mass is 16.5. The van der Waals surface area contributed by atoms with Crippen LogP contribution in [-0.4, -0.2) is 35.5 Å². The van der Waals surface area contributed by atoms with Crippen LogP contribution in [0.3, 0.4) is 0 Å². The second kappa shape index (κ2) is 7.94. The summed E-state index contributed by atoms with van der Waals surface area (Å²) in [6.07, 6.45) is 9.60. The monoisotopic (exact) mass is 328 g/mol. The van der Waals surface area contributed by atoms with Crippen LogP contribution in [0.15, 0.2) is 0 Å². The highest BCUT2D eigenvalue weighted by molar-refractivity contribution is 5.58. The Kier molecular flexibility index (Phi) is 5.68. The molecule has 130 valence electrons. The van der Waals surface area contributed by atoms with Gasteiger partial charge < -0.3 is 9.64 Å². The molecular formula is C19H28N4O. The Balaban J connectivity index is 1.68. The van der Waals surface area contributed by atoms with Gasteiger partial charge in [0.1, 0.15) is 11.6 Å². The molecule has 0 aromatic carbocycles. The van der Waals surface area contributed by atoms with Crippen LogP contribution in [0.2, 0.25) is 0 Å². The van der Waals surface area contributed by atoms with E-state index in [2.05, 4.69) is 35.0 Å². The minimum atomic E-state index is 0.364. The maximum atomic E-state index is 9.65. The van der Waals surface area contributed by atoms with Gasteiger partial charge in [0.15, 0.2) is 5.82 Å². The Bertz CT molecular complexity index is 596. The van der Waals surface area contributed by atoms with Crippen LogP contribution >= 0.6 is 0 Å². The summed E-state index contributed by atoms with van der Waals surface area (Å²) < 4.78 is 6.25. The van der Waals surface area contributed by atoms with Crippen LogP contribution in [0, 0.1) is 11.3 Å². The Morgan fingerprint density at radius 3 is 2.29 bits per heavy atom. The van der Waals surface area contributed by atoms with Crippen molar-refractivity contribution >= 4 is 5.82 Å². The third-order valence-corrected chi connectivity index (χ3v) is 5.37. The second-order valence-electron chi connectivity index (χ2n) is 6.87. The summed E-state index contributed by atoms with van der Waals surface area (Å²) in [5, 5.41) is 18.4. The van der Waals surface area contributed by atoms with Gasteiger partial charge in [0.05, 0.1) is 17.9 Å². The molecule has 0 bridgehead atoms. The first-order valence-electron chi connectivity index (χ1n) is 9.45. The van der Waals surface area contributed by atoms with Crippen molar-refractivity contribution in [2.24, 2.45) is 0 Å². The molecule has 1 aliphatic heterocycles. The van der Waals surface area contributed by atoms with Gasteiger partial charge in [-0.3, -0.25) is 0 Å². The van der Waals surface area contributed by atoms with Gasteiger partial charge in [-0.25, -0.2) is 0 Å². The van der Waals surface area contributed by atoms with Gasteiger partial charge >= 0.3 is 0 Å². The normalized spacial score (nSPS) is 19.6. The van der Waals surface area contributed by atoms with E-state index in [1.807, 2.05) is 0 Å². The SMILES string of the molecule is CCc1nnc(N2CCC(OC3CCCC3)CC2)c(C#N)c1CC. The van der Waals surface area contributed by atoms with Gasteiger partial charge in [-0.15, -0.1) is 5.10 Å². The van der Waals surface area contributed by atoms with Gasteiger partial charge in [-0.1, -0.05) is 26.7 Å². The van der Waals surface area contributed by atoms with Crippen molar-refractivity contribution in [3.8, 4) is 6.07 Å². The molecule has 5 nitrogen and oxygen atoms in total. The lowest BCUT2D eigenvalue weighted by atomic mass is 10.0. The zero-order valence-corrected chi connectivity index (χ0v) is 14.9. The largest absolute Gasteiger partial charge is 0.375 e. The molecule has 0 radical (unpaired) electrons. The van der Waals surface area contributed by atoms with Gasteiger partial charge in [-0.05, 0) is 44.1 Å². The van der Waals surface area contributed by atoms with E-state index < -0.39 is 0 Å². The highest BCUT2D eigenvalue weighted by Gasteiger charge is 2.27. The number of piperidine rings is 1. The van der Waals surface area contributed by atoms with Crippen molar-refractivity contribution in [3.05, 3.63) is 16.8 Å². The zero-order valence-electron chi connectivity index (χ0n) is 14.9. The molecule has 1 aliphatic carbocycles. The van der Waals surface area contributed by atoms with Crippen molar-refractivity contribution < 1.29 is 4.74 Å². The summed E-state index contributed by atoms with van der Waals surface area (Å²) in [5.41, 5.74) is 2.74. The highest BCUT2D eigenvalue weighted by Crippen LogP contribution is 2.29. The molecule has 0 N–H and O–H groups in total. The minimum absolute atomic E-state index is 0.364. The maximum absolute atomic E-state index is 9.65. The molecular weight excluding hydrogens is 300 g/mol. The fourth-order valence-corrected chi connectivity index (χ4v) is 4.00. The number of nitriles is 1. The number of hydrogen-bond acceptors (Lipinski definition) is 5. The molecule has 0 unspecified atom stereocenters. The van der Waals surface area contributed by atoms with E-state index in [1.165, 1.54) is 25.7 Å². The Labute approximate surface area is 145 Å². The molecule has 0 amide bonds. The van der Waals surface area contributed by atoms with Crippen LogP contribution in [0.1, 0.15) is 69.2 Å². The standard InChI is InChI=1S/C19H28N4O/c1-3-16-17(13-20)19(22-21-18(16)4-2)23-11-9-15(10-12-23)24-14-7-5-6-8-14/h14-15H,3-12H2,1-2H3. The molecule has 1 aromatic heterocycles. The zero-order chi connectivity index (χ0) is 16.9. The summed E-state index contributed by atoms with van der Waals surface area (Å²) in [4.78, 5) is 2.22. The Hall–Kier alpha value is -1.67. The smallest absolute Gasteiger partial charge is 0.169 e. The van der Waals surface area contributed by atoms with E-state index in [1.54, 1.807) is 0 Å². The number of ether oxygens (including phenoxy) is 1. The van der Waals surface area contributed by atoms with Crippen molar-refractivity contribution in [2.45, 2.75) is 77.4 Å². The fraction of sp³-hybridized carbons (Fsp3) is 0.737. The third kappa shape index (κ3) is 3.54. The second-order valence-corrected chi connectivity index (χ2v) is 6.87. The molecule has 24 heavy (non-hydrogen) atoms. The first-order valence-corrected chi connectivity index (χ1v) is 9.45. The molecule has 5 heteroatoms. The molecule has 3 rings (SSSR count). The molecule has 2 heterocycles. The van der Waals surface area contributed by atoms with Gasteiger partial charge in [-0.2, -0.15) is 10.4 Å². The number of rotatable bonds is 5. The summed E-state index contributed by atoms with van der Waals surface area (Å²) in [6, 6.07) is 2.38. The van der Waals surface area contributed by atoms with E-state index in [0.29, 0.717) is 12.2 Å². The Morgan fingerprint density at radius 1 is 1.04 bits per heavy atom. The van der Waals surface area contributed by atoms with E-state index in [0.717, 1.165) is 61.4 Å². The van der Waals surface area contributed by atoms with E-state index in [9.17, 15) is 5.26 Å². The van der Waals surface area contributed by atoms with Gasteiger partial charge in [0, 0.05) is 13.1 Å². The van der Waals surface area contributed by atoms with Crippen molar-refractivity contribution in [1.29, 1.82) is 5.26 Å². The van der Waals surface area contributed by atoms with Gasteiger partial charge in [0.25, 0.3) is 0 Å². The number of aryl methyl sites for hydroxylation is 1. The van der Waals surface area contributed by atoms with Crippen molar-refractivity contribution in [1.82, 2.24) is 10.2 Å². The van der Waals surface area contributed by atoms with Crippen LogP contribution in [0.4, 0.5) is 5.82 Å². The van der Waals surface area contributed by atoms with Gasteiger partial charge in [0.2, 0.25) is 0 Å². The lowest BCUT2D eigenvalue weighted by molar-refractivity contribution is -0.0195. The molecule has 2 fully saturated rings. The third-order valence-electron chi connectivity index (χ3n) is 5.37. The van der Waals surface area contributed by atoms with Crippen LogP contribution < -0.4 is 4.90 Å². The lowest BCUT2D eigenvalue weighted by Gasteiger charge is -2.34. The average molecular weight is 328 g/mol. The first-order chi connectivity index (χ1) is 11.8. The fourth-order valence-electron chi connectivity index (χ4n) is 4.00. The predicted octanol–water partition coefficient (Wildman–Crippen LogP) is 3.40. The quantitative estimate of drug-likeness (QED) is 0.829. The van der Waals surface area contributed by atoms with E-state index in [4.69, 9.17) is 4.74 Å². The first kappa shape index (κ1) is 17.2. The van der Waals surface area contributed by atoms with Crippen LogP contribution in [0.5, 0.6) is 0 Å².